The van der Waals surface area contributed by atoms with Crippen LogP contribution >= 0.6 is 0 Å². The van der Waals surface area contributed by atoms with Gasteiger partial charge in [-0.05, 0) is 36.8 Å². The number of rotatable bonds is 4. The normalized spacial score (nSPS) is 22.1. The van der Waals surface area contributed by atoms with Gasteiger partial charge in [-0.3, -0.25) is 9.88 Å². The number of pyridine rings is 1. The average Bonchev–Trinajstić information content (AvgIpc) is 2.89. The predicted molar refractivity (Wildman–Crippen MR) is 79.2 cm³/mol. The van der Waals surface area contributed by atoms with E-state index in [-0.39, 0.29) is 6.04 Å². The van der Waals surface area contributed by atoms with Gasteiger partial charge in [0.05, 0.1) is 6.10 Å². The second-order valence-electron chi connectivity index (χ2n) is 5.64. The maximum absolute atomic E-state index is 14.0. The molecule has 1 aliphatic heterocycles. The second-order valence-corrected chi connectivity index (χ2v) is 5.64. The lowest BCUT2D eigenvalue weighted by Gasteiger charge is -2.24. The Hall–Kier alpha value is -1.85. The Balaban J connectivity index is 1.76. The maximum atomic E-state index is 14.0. The van der Waals surface area contributed by atoms with Gasteiger partial charge in [0.1, 0.15) is 11.6 Å². The molecule has 1 aliphatic rings. The van der Waals surface area contributed by atoms with Gasteiger partial charge in [-0.2, -0.15) is 0 Å². The number of β-amino-alcohol motifs (C(OH)–C–C–N with tert-alkyl or cyclic N) is 1. The molecule has 2 atom stereocenters. The molecule has 116 valence electrons. The van der Waals surface area contributed by atoms with Crippen molar-refractivity contribution in [1.29, 1.82) is 0 Å². The molecule has 0 radical (unpaired) electrons. The lowest BCUT2D eigenvalue weighted by molar-refractivity contribution is 0.175. The van der Waals surface area contributed by atoms with Crippen LogP contribution < -0.4 is 0 Å². The van der Waals surface area contributed by atoms with E-state index >= 15 is 0 Å². The topological polar surface area (TPSA) is 36.4 Å². The van der Waals surface area contributed by atoms with E-state index in [1.165, 1.54) is 6.07 Å². The summed E-state index contributed by atoms with van der Waals surface area (Å²) < 4.78 is 27.4. The largest absolute Gasteiger partial charge is 0.392 e. The van der Waals surface area contributed by atoms with Crippen molar-refractivity contribution in [3.05, 3.63) is 65.5 Å². The molecule has 0 unspecified atom stereocenters. The SMILES string of the molecule is O[C@H]1C[C@@H](c2cc(F)ccc2F)N(CCc2ccccn2)C1. The minimum absolute atomic E-state index is 0.297. The smallest absolute Gasteiger partial charge is 0.128 e. The van der Waals surface area contributed by atoms with Gasteiger partial charge in [0.15, 0.2) is 0 Å². The standard InChI is InChI=1S/C17H18F2N2O/c18-12-4-5-16(19)15(9-12)17-10-14(22)11-21(17)8-6-13-3-1-2-7-20-13/h1-5,7,9,14,17,22H,6,8,10-11H2/t14-,17-/m0/s1. The number of hydrogen-bond donors (Lipinski definition) is 1. The fourth-order valence-corrected chi connectivity index (χ4v) is 3.02. The minimum atomic E-state index is -0.517. The molecule has 1 aromatic heterocycles. The second kappa shape index (κ2) is 6.50. The van der Waals surface area contributed by atoms with Gasteiger partial charge in [-0.1, -0.05) is 6.07 Å². The van der Waals surface area contributed by atoms with Gasteiger partial charge < -0.3 is 5.11 Å². The molecule has 5 heteroatoms. The van der Waals surface area contributed by atoms with E-state index in [0.717, 1.165) is 17.8 Å². The van der Waals surface area contributed by atoms with Crippen molar-refractivity contribution in [2.45, 2.75) is 25.0 Å². The Morgan fingerprint density at radius 3 is 2.86 bits per heavy atom. The van der Waals surface area contributed by atoms with Crippen molar-refractivity contribution in [2.75, 3.05) is 13.1 Å². The van der Waals surface area contributed by atoms with Gasteiger partial charge >= 0.3 is 0 Å². The highest BCUT2D eigenvalue weighted by molar-refractivity contribution is 5.24. The van der Waals surface area contributed by atoms with Crippen LogP contribution in [0.1, 0.15) is 23.7 Å². The number of aromatic nitrogens is 1. The molecular weight excluding hydrogens is 286 g/mol. The quantitative estimate of drug-likeness (QED) is 0.943. The molecule has 0 aliphatic carbocycles. The molecule has 3 rings (SSSR count). The third-order valence-corrected chi connectivity index (χ3v) is 4.08. The molecule has 2 aromatic rings. The van der Waals surface area contributed by atoms with Crippen molar-refractivity contribution in [2.24, 2.45) is 0 Å². The fourth-order valence-electron chi connectivity index (χ4n) is 3.02. The van der Waals surface area contributed by atoms with Crippen molar-refractivity contribution in [1.82, 2.24) is 9.88 Å². The van der Waals surface area contributed by atoms with Crippen LogP contribution in [0.3, 0.4) is 0 Å². The first-order chi connectivity index (χ1) is 10.6. The van der Waals surface area contributed by atoms with Crippen molar-refractivity contribution in [3.63, 3.8) is 0 Å². The van der Waals surface area contributed by atoms with Crippen LogP contribution in [0.2, 0.25) is 0 Å². The van der Waals surface area contributed by atoms with Crippen molar-refractivity contribution >= 4 is 0 Å². The third-order valence-electron chi connectivity index (χ3n) is 4.08. The summed E-state index contributed by atoms with van der Waals surface area (Å²) in [6, 6.07) is 8.90. The lowest BCUT2D eigenvalue weighted by atomic mass is 10.0. The Kier molecular flexibility index (Phi) is 4.45. The molecule has 2 heterocycles. The first-order valence-corrected chi connectivity index (χ1v) is 7.40. The summed E-state index contributed by atoms with van der Waals surface area (Å²) in [6.07, 6.45) is 2.35. The molecule has 22 heavy (non-hydrogen) atoms. The number of aliphatic hydroxyl groups excluding tert-OH is 1. The first-order valence-electron chi connectivity index (χ1n) is 7.40. The van der Waals surface area contributed by atoms with Crippen LogP contribution in [0.4, 0.5) is 8.78 Å². The number of halogens is 2. The van der Waals surface area contributed by atoms with E-state index in [1.54, 1.807) is 6.20 Å². The summed E-state index contributed by atoms with van der Waals surface area (Å²) >= 11 is 0. The van der Waals surface area contributed by atoms with E-state index in [1.807, 2.05) is 23.1 Å². The van der Waals surface area contributed by atoms with Crippen LogP contribution in [0.15, 0.2) is 42.6 Å². The number of benzene rings is 1. The van der Waals surface area contributed by atoms with Crippen LogP contribution in [0, 0.1) is 11.6 Å². The zero-order chi connectivity index (χ0) is 15.5. The number of likely N-dealkylation sites (tertiary alicyclic amines) is 1. The first kappa shape index (κ1) is 15.1. The Labute approximate surface area is 128 Å². The molecule has 3 nitrogen and oxygen atoms in total. The summed E-state index contributed by atoms with van der Waals surface area (Å²) in [7, 11) is 0. The molecule has 0 amide bonds. The predicted octanol–water partition coefficient (Wildman–Crippen LogP) is 2.71. The monoisotopic (exact) mass is 304 g/mol. The minimum Gasteiger partial charge on any atom is -0.392 e. The highest BCUT2D eigenvalue weighted by Gasteiger charge is 2.33. The molecule has 1 N–H and O–H groups in total. The molecule has 1 saturated heterocycles. The number of nitrogens with zero attached hydrogens (tertiary/aromatic N) is 2. The van der Waals surface area contributed by atoms with Gasteiger partial charge in [0, 0.05) is 43.0 Å². The van der Waals surface area contributed by atoms with Crippen LogP contribution in [-0.2, 0) is 6.42 Å². The van der Waals surface area contributed by atoms with Crippen LogP contribution in [0.25, 0.3) is 0 Å². The highest BCUT2D eigenvalue weighted by Crippen LogP contribution is 2.33. The van der Waals surface area contributed by atoms with Crippen molar-refractivity contribution in [3.8, 4) is 0 Å². The Bertz CT molecular complexity index is 636. The number of aliphatic hydroxyl groups is 1. The summed E-state index contributed by atoms with van der Waals surface area (Å²) in [6.45, 7) is 1.11. The van der Waals surface area contributed by atoms with Crippen LogP contribution in [-0.4, -0.2) is 34.2 Å². The number of hydrogen-bond acceptors (Lipinski definition) is 3. The molecule has 0 bridgehead atoms. The summed E-state index contributed by atoms with van der Waals surface area (Å²) in [5, 5.41) is 9.92. The Morgan fingerprint density at radius 2 is 2.09 bits per heavy atom. The van der Waals surface area contributed by atoms with E-state index in [9.17, 15) is 13.9 Å². The molecule has 1 aromatic carbocycles. The van der Waals surface area contributed by atoms with Gasteiger partial charge in [-0.15, -0.1) is 0 Å². The fraction of sp³-hybridized carbons (Fsp3) is 0.353. The lowest BCUT2D eigenvalue weighted by Crippen LogP contribution is -2.27. The van der Waals surface area contributed by atoms with E-state index in [2.05, 4.69) is 4.98 Å². The zero-order valence-corrected chi connectivity index (χ0v) is 12.1. The summed E-state index contributed by atoms with van der Waals surface area (Å²) in [4.78, 5) is 6.26. The molecule has 1 fully saturated rings. The molecule has 0 saturated carbocycles. The van der Waals surface area contributed by atoms with Gasteiger partial charge in [-0.25, -0.2) is 8.78 Å². The molecule has 0 spiro atoms. The van der Waals surface area contributed by atoms with E-state index in [0.29, 0.717) is 31.5 Å². The van der Waals surface area contributed by atoms with Gasteiger partial charge in [0.25, 0.3) is 0 Å². The van der Waals surface area contributed by atoms with Crippen LogP contribution in [0.5, 0.6) is 0 Å². The van der Waals surface area contributed by atoms with Crippen molar-refractivity contribution < 1.29 is 13.9 Å². The van der Waals surface area contributed by atoms with E-state index in [4.69, 9.17) is 0 Å². The molecular formula is C17H18F2N2O. The van der Waals surface area contributed by atoms with E-state index < -0.39 is 17.7 Å². The summed E-state index contributed by atoms with van der Waals surface area (Å²) in [5.74, 6) is -0.884. The average molecular weight is 304 g/mol. The maximum Gasteiger partial charge on any atom is 0.128 e. The zero-order valence-electron chi connectivity index (χ0n) is 12.1. The Morgan fingerprint density at radius 1 is 1.23 bits per heavy atom. The third kappa shape index (κ3) is 3.31. The van der Waals surface area contributed by atoms with Gasteiger partial charge in [0.2, 0.25) is 0 Å². The highest BCUT2D eigenvalue weighted by atomic mass is 19.1. The summed E-state index contributed by atoms with van der Waals surface area (Å²) in [5.41, 5.74) is 1.26.